The molecule has 0 saturated heterocycles. The van der Waals surface area contributed by atoms with E-state index in [4.69, 9.17) is 0 Å². The molecule has 0 aromatic heterocycles. The Balaban J connectivity index is 4.68. The van der Waals surface area contributed by atoms with Crippen LogP contribution in [0.3, 0.4) is 0 Å². The van der Waals surface area contributed by atoms with Crippen LogP contribution in [0.15, 0.2) is 11.1 Å². The predicted octanol–water partition coefficient (Wildman–Crippen LogP) is 2.28. The molecule has 0 amide bonds. The second-order valence-corrected chi connectivity index (χ2v) is 2.80. The summed E-state index contributed by atoms with van der Waals surface area (Å²) in [6.07, 6.45) is 0.945. The quantitative estimate of drug-likeness (QED) is 0.603. The van der Waals surface area contributed by atoms with E-state index in [2.05, 4.69) is 0 Å². The van der Waals surface area contributed by atoms with Gasteiger partial charge in [0, 0.05) is 12.8 Å². The van der Waals surface area contributed by atoms with Gasteiger partial charge >= 0.3 is 0 Å². The summed E-state index contributed by atoms with van der Waals surface area (Å²) in [7, 11) is 0. The molecule has 0 aliphatic rings. The molecule has 0 aliphatic carbocycles. The molecule has 12 heavy (non-hydrogen) atoms. The molecule has 2 nitrogen and oxygen atoms in total. The average Bonchev–Trinajstić information content (AvgIpc) is 2.12. The molecule has 0 saturated carbocycles. The SMILES string of the molecule is CCC(=O)/C(C)=C(\C)C(=O)CC. The molecule has 2 heteroatoms. The van der Waals surface area contributed by atoms with E-state index in [0.29, 0.717) is 24.0 Å². The minimum absolute atomic E-state index is 0.0642. The highest BCUT2D eigenvalue weighted by molar-refractivity contribution is 6.05. The van der Waals surface area contributed by atoms with E-state index in [1.165, 1.54) is 0 Å². The van der Waals surface area contributed by atoms with Crippen molar-refractivity contribution in [2.75, 3.05) is 0 Å². The number of carbonyl (C=O) groups excluding carboxylic acids is 2. The molecule has 0 atom stereocenters. The normalized spacial score (nSPS) is 12.3. The van der Waals surface area contributed by atoms with Crippen LogP contribution in [0.25, 0.3) is 0 Å². The van der Waals surface area contributed by atoms with Crippen molar-refractivity contribution in [1.29, 1.82) is 0 Å². The third kappa shape index (κ3) is 2.61. The Bertz CT molecular complexity index is 200. The minimum Gasteiger partial charge on any atom is -0.295 e. The Hall–Kier alpha value is -0.920. The van der Waals surface area contributed by atoms with E-state index < -0.39 is 0 Å². The van der Waals surface area contributed by atoms with Crippen molar-refractivity contribution in [1.82, 2.24) is 0 Å². The molecule has 0 rings (SSSR count). The van der Waals surface area contributed by atoms with Crippen molar-refractivity contribution in [2.45, 2.75) is 40.5 Å². The van der Waals surface area contributed by atoms with E-state index in [0.717, 1.165) is 0 Å². The summed E-state index contributed by atoms with van der Waals surface area (Å²) in [5, 5.41) is 0. The predicted molar refractivity (Wildman–Crippen MR) is 49.0 cm³/mol. The van der Waals surface area contributed by atoms with Gasteiger partial charge in [0.25, 0.3) is 0 Å². The molecule has 0 heterocycles. The number of allylic oxidation sites excluding steroid dienone is 2. The second kappa shape index (κ2) is 4.86. The van der Waals surface area contributed by atoms with Gasteiger partial charge in [0.15, 0.2) is 11.6 Å². The summed E-state index contributed by atoms with van der Waals surface area (Å²) in [5.41, 5.74) is 1.23. The number of hydrogen-bond donors (Lipinski definition) is 0. The van der Waals surface area contributed by atoms with Crippen molar-refractivity contribution in [3.63, 3.8) is 0 Å². The Morgan fingerprint density at radius 1 is 0.833 bits per heavy atom. The summed E-state index contributed by atoms with van der Waals surface area (Å²) in [6.45, 7) is 7.04. The molecule has 0 fully saturated rings. The van der Waals surface area contributed by atoms with Crippen LogP contribution in [0.4, 0.5) is 0 Å². The van der Waals surface area contributed by atoms with E-state index >= 15 is 0 Å². The summed E-state index contributed by atoms with van der Waals surface area (Å²) >= 11 is 0. The van der Waals surface area contributed by atoms with Gasteiger partial charge in [0.05, 0.1) is 0 Å². The summed E-state index contributed by atoms with van der Waals surface area (Å²) < 4.78 is 0. The number of rotatable bonds is 4. The lowest BCUT2D eigenvalue weighted by Gasteiger charge is -2.02. The molecular weight excluding hydrogens is 152 g/mol. The van der Waals surface area contributed by atoms with Gasteiger partial charge in [0.2, 0.25) is 0 Å². The molecule has 0 unspecified atom stereocenters. The lowest BCUT2D eigenvalue weighted by Crippen LogP contribution is -2.06. The highest BCUT2D eigenvalue weighted by Crippen LogP contribution is 2.09. The highest BCUT2D eigenvalue weighted by Gasteiger charge is 2.09. The Labute approximate surface area is 73.7 Å². The lowest BCUT2D eigenvalue weighted by molar-refractivity contribution is -0.117. The highest BCUT2D eigenvalue weighted by atomic mass is 16.1. The smallest absolute Gasteiger partial charge is 0.158 e. The summed E-state index contributed by atoms with van der Waals surface area (Å²) in [6, 6.07) is 0. The van der Waals surface area contributed by atoms with E-state index in [9.17, 15) is 9.59 Å². The van der Waals surface area contributed by atoms with Gasteiger partial charge < -0.3 is 0 Å². The van der Waals surface area contributed by atoms with Gasteiger partial charge in [-0.1, -0.05) is 13.8 Å². The van der Waals surface area contributed by atoms with Crippen molar-refractivity contribution in [3.05, 3.63) is 11.1 Å². The Morgan fingerprint density at radius 3 is 1.25 bits per heavy atom. The average molecular weight is 168 g/mol. The maximum atomic E-state index is 11.2. The third-order valence-corrected chi connectivity index (χ3v) is 2.04. The number of hydrogen-bond acceptors (Lipinski definition) is 2. The number of ketones is 2. The first-order chi connectivity index (χ1) is 5.54. The van der Waals surface area contributed by atoms with Gasteiger partial charge in [-0.15, -0.1) is 0 Å². The first kappa shape index (κ1) is 11.1. The van der Waals surface area contributed by atoms with Gasteiger partial charge in [0.1, 0.15) is 0 Å². The van der Waals surface area contributed by atoms with E-state index in [1.807, 2.05) is 0 Å². The van der Waals surface area contributed by atoms with Crippen LogP contribution in [0.2, 0.25) is 0 Å². The van der Waals surface area contributed by atoms with Crippen LogP contribution >= 0.6 is 0 Å². The van der Waals surface area contributed by atoms with Crippen molar-refractivity contribution >= 4 is 11.6 Å². The first-order valence-corrected chi connectivity index (χ1v) is 4.28. The fourth-order valence-electron chi connectivity index (χ4n) is 0.949. The van der Waals surface area contributed by atoms with Crippen LogP contribution in [-0.4, -0.2) is 11.6 Å². The zero-order chi connectivity index (χ0) is 9.72. The molecule has 0 bridgehead atoms. The molecule has 0 aromatic rings. The van der Waals surface area contributed by atoms with Crippen LogP contribution in [-0.2, 0) is 9.59 Å². The maximum Gasteiger partial charge on any atom is 0.158 e. The third-order valence-electron chi connectivity index (χ3n) is 2.04. The number of carbonyl (C=O) groups is 2. The maximum absolute atomic E-state index is 11.2. The Kier molecular flexibility index (Phi) is 4.49. The lowest BCUT2D eigenvalue weighted by atomic mass is 10.0. The molecule has 0 spiro atoms. The Morgan fingerprint density at radius 2 is 1.08 bits per heavy atom. The zero-order valence-corrected chi connectivity index (χ0v) is 8.23. The fraction of sp³-hybridized carbons (Fsp3) is 0.600. The van der Waals surface area contributed by atoms with Gasteiger partial charge in [-0.2, -0.15) is 0 Å². The molecule has 0 N–H and O–H groups in total. The fourth-order valence-corrected chi connectivity index (χ4v) is 0.949. The van der Waals surface area contributed by atoms with Gasteiger partial charge in [-0.05, 0) is 25.0 Å². The zero-order valence-electron chi connectivity index (χ0n) is 8.23. The van der Waals surface area contributed by atoms with Crippen molar-refractivity contribution in [3.8, 4) is 0 Å². The first-order valence-electron chi connectivity index (χ1n) is 4.28. The van der Waals surface area contributed by atoms with Crippen LogP contribution in [0, 0.1) is 0 Å². The summed E-state index contributed by atoms with van der Waals surface area (Å²) in [5.74, 6) is 0.128. The second-order valence-electron chi connectivity index (χ2n) is 2.80. The van der Waals surface area contributed by atoms with Crippen LogP contribution < -0.4 is 0 Å². The molecule has 0 radical (unpaired) electrons. The molecule has 68 valence electrons. The van der Waals surface area contributed by atoms with E-state index in [-0.39, 0.29) is 11.6 Å². The largest absolute Gasteiger partial charge is 0.295 e. The van der Waals surface area contributed by atoms with E-state index in [1.54, 1.807) is 27.7 Å². The van der Waals surface area contributed by atoms with Gasteiger partial charge in [-0.25, -0.2) is 0 Å². The topological polar surface area (TPSA) is 34.1 Å². The summed E-state index contributed by atoms with van der Waals surface area (Å²) in [4.78, 5) is 22.3. The van der Waals surface area contributed by atoms with Gasteiger partial charge in [-0.3, -0.25) is 9.59 Å². The number of Topliss-reactive ketones (excluding diaryl/α,β-unsaturated/α-hetero) is 2. The standard InChI is InChI=1S/C10H16O2/c1-5-9(11)7(3)8(4)10(12)6-2/h5-6H2,1-4H3/b8-7+. The van der Waals surface area contributed by atoms with Crippen LogP contribution in [0.5, 0.6) is 0 Å². The molecular formula is C10H16O2. The van der Waals surface area contributed by atoms with Crippen molar-refractivity contribution < 1.29 is 9.59 Å². The monoisotopic (exact) mass is 168 g/mol. The molecule has 0 aliphatic heterocycles. The minimum atomic E-state index is 0.0642. The molecule has 0 aromatic carbocycles. The van der Waals surface area contributed by atoms with Crippen molar-refractivity contribution in [2.24, 2.45) is 0 Å². The van der Waals surface area contributed by atoms with Crippen LogP contribution in [0.1, 0.15) is 40.5 Å².